The molecule has 0 saturated heterocycles. The second kappa shape index (κ2) is 5.88. The lowest BCUT2D eigenvalue weighted by atomic mass is 10.3. The molecule has 0 unspecified atom stereocenters. The van der Waals surface area contributed by atoms with Gasteiger partial charge in [-0.1, -0.05) is 13.0 Å². The van der Waals surface area contributed by atoms with Crippen LogP contribution in [0, 0.1) is 0 Å². The summed E-state index contributed by atoms with van der Waals surface area (Å²) in [6.45, 7) is 2.29. The highest BCUT2D eigenvalue weighted by Gasteiger charge is 2.21. The molecule has 5 nitrogen and oxygen atoms in total. The maximum atomic E-state index is 12.0. The Morgan fingerprint density at radius 3 is 2.47 bits per heavy atom. The van der Waals surface area contributed by atoms with Crippen LogP contribution in [0.4, 0.5) is 0 Å². The Morgan fingerprint density at radius 1 is 1.24 bits per heavy atom. The molecule has 0 bridgehead atoms. The average molecular weight is 259 g/mol. The minimum absolute atomic E-state index is 0.0906. The van der Waals surface area contributed by atoms with E-state index in [-0.39, 0.29) is 10.6 Å². The second-order valence-corrected chi connectivity index (χ2v) is 5.12. The molecule has 0 amide bonds. The Morgan fingerprint density at radius 2 is 1.94 bits per heavy atom. The summed E-state index contributed by atoms with van der Waals surface area (Å²) < 4.78 is 36.6. The lowest BCUT2D eigenvalue weighted by Crippen LogP contribution is -2.24. The predicted octanol–water partition coefficient (Wildman–Crippen LogP) is 1.39. The minimum atomic E-state index is -3.55. The molecule has 0 heterocycles. The number of nitrogens with one attached hydrogen (secondary N) is 1. The van der Waals surface area contributed by atoms with Crippen molar-refractivity contribution in [3.8, 4) is 11.5 Å². The van der Waals surface area contributed by atoms with E-state index in [0.717, 1.165) is 6.42 Å². The Labute approximate surface area is 102 Å². The first kappa shape index (κ1) is 13.8. The number of benzene rings is 1. The second-order valence-electron chi connectivity index (χ2n) is 3.39. The van der Waals surface area contributed by atoms with Gasteiger partial charge in [-0.05, 0) is 18.6 Å². The van der Waals surface area contributed by atoms with Gasteiger partial charge in [-0.15, -0.1) is 0 Å². The van der Waals surface area contributed by atoms with Crippen LogP contribution >= 0.6 is 0 Å². The van der Waals surface area contributed by atoms with E-state index in [4.69, 9.17) is 9.47 Å². The molecule has 6 heteroatoms. The van der Waals surface area contributed by atoms with Crippen molar-refractivity contribution in [2.75, 3.05) is 20.8 Å². The fourth-order valence-corrected chi connectivity index (χ4v) is 2.70. The zero-order valence-electron chi connectivity index (χ0n) is 10.2. The zero-order valence-corrected chi connectivity index (χ0v) is 11.0. The molecule has 0 radical (unpaired) electrons. The molecule has 0 atom stereocenters. The van der Waals surface area contributed by atoms with Gasteiger partial charge in [-0.2, -0.15) is 0 Å². The molecule has 0 fully saturated rings. The third-order valence-electron chi connectivity index (χ3n) is 2.20. The van der Waals surface area contributed by atoms with Crippen LogP contribution in [-0.4, -0.2) is 29.2 Å². The molecular weight excluding hydrogens is 242 g/mol. The molecule has 0 aliphatic carbocycles. The fraction of sp³-hybridized carbons (Fsp3) is 0.455. The number of ether oxygens (including phenoxy) is 2. The summed E-state index contributed by atoms with van der Waals surface area (Å²) in [6, 6.07) is 4.75. The molecule has 0 aliphatic rings. The first-order valence-corrected chi connectivity index (χ1v) is 6.75. The summed E-state index contributed by atoms with van der Waals surface area (Å²) in [5.41, 5.74) is 0. The molecule has 1 aromatic carbocycles. The number of sulfonamides is 1. The summed E-state index contributed by atoms with van der Waals surface area (Å²) in [7, 11) is -0.673. The highest BCUT2D eigenvalue weighted by Crippen LogP contribution is 2.33. The third-order valence-corrected chi connectivity index (χ3v) is 3.68. The van der Waals surface area contributed by atoms with Gasteiger partial charge in [0.05, 0.1) is 14.2 Å². The molecule has 0 saturated carbocycles. The van der Waals surface area contributed by atoms with Crippen LogP contribution in [-0.2, 0) is 10.0 Å². The highest BCUT2D eigenvalue weighted by atomic mass is 32.2. The monoisotopic (exact) mass is 259 g/mol. The molecule has 0 aromatic heterocycles. The Balaban J connectivity index is 3.21. The Bertz CT molecular complexity index is 470. The summed E-state index contributed by atoms with van der Waals surface area (Å²) >= 11 is 0. The number of hydrogen-bond donors (Lipinski definition) is 1. The molecule has 0 spiro atoms. The number of para-hydroxylation sites is 1. The molecule has 0 aliphatic heterocycles. The van der Waals surface area contributed by atoms with E-state index in [1.807, 2.05) is 6.92 Å². The van der Waals surface area contributed by atoms with Crippen molar-refractivity contribution in [3.05, 3.63) is 18.2 Å². The smallest absolute Gasteiger partial charge is 0.244 e. The van der Waals surface area contributed by atoms with Gasteiger partial charge in [-0.25, -0.2) is 13.1 Å². The normalized spacial score (nSPS) is 11.2. The summed E-state index contributed by atoms with van der Waals surface area (Å²) in [6.07, 6.45) is 0.728. The summed E-state index contributed by atoms with van der Waals surface area (Å²) in [5.74, 6) is 0.616. The van der Waals surface area contributed by atoms with E-state index < -0.39 is 10.0 Å². The van der Waals surface area contributed by atoms with Gasteiger partial charge in [0.15, 0.2) is 11.5 Å². The number of rotatable bonds is 6. The molecular formula is C11H17NO4S. The third kappa shape index (κ3) is 3.10. The van der Waals surface area contributed by atoms with Gasteiger partial charge in [0.2, 0.25) is 10.0 Å². The van der Waals surface area contributed by atoms with Crippen LogP contribution in [0.1, 0.15) is 13.3 Å². The van der Waals surface area contributed by atoms with Gasteiger partial charge >= 0.3 is 0 Å². The molecule has 17 heavy (non-hydrogen) atoms. The predicted molar refractivity (Wildman–Crippen MR) is 65.0 cm³/mol. The van der Waals surface area contributed by atoms with Gasteiger partial charge in [0, 0.05) is 6.54 Å². The average Bonchev–Trinajstić information content (AvgIpc) is 2.35. The van der Waals surface area contributed by atoms with E-state index in [1.165, 1.54) is 20.3 Å². The van der Waals surface area contributed by atoms with Crippen LogP contribution in [0.3, 0.4) is 0 Å². The van der Waals surface area contributed by atoms with Crippen LogP contribution in [0.2, 0.25) is 0 Å². The van der Waals surface area contributed by atoms with E-state index in [1.54, 1.807) is 12.1 Å². The SMILES string of the molecule is CCCNS(=O)(=O)c1cccc(OC)c1OC. The first-order chi connectivity index (χ1) is 8.06. The van der Waals surface area contributed by atoms with Gasteiger partial charge < -0.3 is 9.47 Å². The van der Waals surface area contributed by atoms with Gasteiger partial charge in [-0.3, -0.25) is 0 Å². The summed E-state index contributed by atoms with van der Waals surface area (Å²) in [4.78, 5) is 0.0906. The van der Waals surface area contributed by atoms with Crippen molar-refractivity contribution >= 4 is 10.0 Å². The fourth-order valence-electron chi connectivity index (χ4n) is 1.38. The number of hydrogen-bond acceptors (Lipinski definition) is 4. The van der Waals surface area contributed by atoms with E-state index in [2.05, 4.69) is 4.72 Å². The maximum Gasteiger partial charge on any atom is 0.244 e. The van der Waals surface area contributed by atoms with E-state index in [0.29, 0.717) is 12.3 Å². The topological polar surface area (TPSA) is 64.6 Å². The highest BCUT2D eigenvalue weighted by molar-refractivity contribution is 7.89. The summed E-state index contributed by atoms with van der Waals surface area (Å²) in [5, 5.41) is 0. The number of methoxy groups -OCH3 is 2. The largest absolute Gasteiger partial charge is 0.493 e. The van der Waals surface area contributed by atoms with Gasteiger partial charge in [0.25, 0.3) is 0 Å². The van der Waals surface area contributed by atoms with Crippen LogP contribution in [0.25, 0.3) is 0 Å². The molecule has 1 N–H and O–H groups in total. The lowest BCUT2D eigenvalue weighted by Gasteiger charge is -2.13. The Hall–Kier alpha value is -1.27. The van der Waals surface area contributed by atoms with E-state index >= 15 is 0 Å². The minimum Gasteiger partial charge on any atom is -0.493 e. The van der Waals surface area contributed by atoms with Crippen LogP contribution < -0.4 is 14.2 Å². The van der Waals surface area contributed by atoms with Crippen molar-refractivity contribution in [1.29, 1.82) is 0 Å². The quantitative estimate of drug-likeness (QED) is 0.838. The molecule has 96 valence electrons. The van der Waals surface area contributed by atoms with Crippen molar-refractivity contribution in [1.82, 2.24) is 4.72 Å². The zero-order chi connectivity index (χ0) is 12.9. The van der Waals surface area contributed by atoms with Crippen molar-refractivity contribution in [2.24, 2.45) is 0 Å². The van der Waals surface area contributed by atoms with Crippen molar-refractivity contribution in [3.63, 3.8) is 0 Å². The van der Waals surface area contributed by atoms with Gasteiger partial charge in [0.1, 0.15) is 4.90 Å². The molecule has 1 aromatic rings. The van der Waals surface area contributed by atoms with Crippen LogP contribution in [0.5, 0.6) is 11.5 Å². The first-order valence-electron chi connectivity index (χ1n) is 5.27. The van der Waals surface area contributed by atoms with Crippen LogP contribution in [0.15, 0.2) is 23.1 Å². The standard InChI is InChI=1S/C11H17NO4S/c1-4-8-12-17(13,14)10-7-5-6-9(15-2)11(10)16-3/h5-7,12H,4,8H2,1-3H3. The lowest BCUT2D eigenvalue weighted by molar-refractivity contribution is 0.346. The van der Waals surface area contributed by atoms with E-state index in [9.17, 15) is 8.42 Å². The molecule has 1 rings (SSSR count). The maximum absolute atomic E-state index is 12.0. The Kier molecular flexibility index (Phi) is 4.77. The van der Waals surface area contributed by atoms with Crippen molar-refractivity contribution < 1.29 is 17.9 Å². The van der Waals surface area contributed by atoms with Crippen molar-refractivity contribution in [2.45, 2.75) is 18.2 Å².